The minimum Gasteiger partial charge on any atom is -0.343 e. The molecule has 152 valence electrons. The molecule has 0 aromatic heterocycles. The Balaban J connectivity index is 1.32. The molecule has 2 aliphatic rings. The van der Waals surface area contributed by atoms with E-state index in [0.717, 1.165) is 37.9 Å². The third-order valence-corrected chi connectivity index (χ3v) is 6.10. The van der Waals surface area contributed by atoms with Crippen molar-refractivity contribution in [3.63, 3.8) is 0 Å². The van der Waals surface area contributed by atoms with Crippen molar-refractivity contribution in [2.75, 3.05) is 13.1 Å². The second-order valence-corrected chi connectivity index (χ2v) is 8.25. The van der Waals surface area contributed by atoms with Crippen molar-refractivity contribution < 1.29 is 14.0 Å². The van der Waals surface area contributed by atoms with Gasteiger partial charge in [0.15, 0.2) is 5.78 Å². The van der Waals surface area contributed by atoms with Gasteiger partial charge in [-0.2, -0.15) is 0 Å². The molecular weight excluding hydrogens is 367 g/mol. The van der Waals surface area contributed by atoms with Crippen molar-refractivity contribution in [2.24, 2.45) is 0 Å². The number of piperidine rings is 1. The van der Waals surface area contributed by atoms with Crippen LogP contribution in [0, 0.1) is 5.82 Å². The largest absolute Gasteiger partial charge is 0.343 e. The van der Waals surface area contributed by atoms with Gasteiger partial charge in [0, 0.05) is 50.0 Å². The summed E-state index contributed by atoms with van der Waals surface area (Å²) in [4.78, 5) is 26.0. The lowest BCUT2D eigenvalue weighted by Crippen LogP contribution is -2.45. The molecule has 4 rings (SSSR count). The van der Waals surface area contributed by atoms with Gasteiger partial charge in [0.25, 0.3) is 0 Å². The van der Waals surface area contributed by atoms with Gasteiger partial charge in [-0.15, -0.1) is 0 Å². The van der Waals surface area contributed by atoms with Crippen LogP contribution in [-0.2, 0) is 11.2 Å². The Bertz CT molecular complexity index is 888. The standard InChI is InChI=1S/C24H27FN2O2/c1-16(28)27-11-9-21(10-12-27)26-23-15-22(23)18-3-2-4-19(14-18)24(29)13-17-5-7-20(25)8-6-17/h2-8,14,21-23,26H,9-13,15H2,1H3. The zero-order valence-electron chi connectivity index (χ0n) is 16.7. The Hall–Kier alpha value is -2.53. The molecule has 2 fully saturated rings. The van der Waals surface area contributed by atoms with E-state index in [1.165, 1.54) is 17.7 Å². The molecule has 1 saturated heterocycles. The number of hydrogen-bond donors (Lipinski definition) is 1. The molecule has 2 atom stereocenters. The molecule has 0 bridgehead atoms. The van der Waals surface area contributed by atoms with Gasteiger partial charge >= 0.3 is 0 Å². The predicted molar refractivity (Wildman–Crippen MR) is 110 cm³/mol. The SMILES string of the molecule is CC(=O)N1CCC(NC2CC2c2cccc(C(=O)Cc3ccc(F)cc3)c2)CC1. The Kier molecular flexibility index (Phi) is 5.76. The van der Waals surface area contributed by atoms with Crippen LogP contribution < -0.4 is 5.32 Å². The van der Waals surface area contributed by atoms with Crippen LogP contribution in [0.4, 0.5) is 4.39 Å². The lowest BCUT2D eigenvalue weighted by atomic mass is 9.99. The highest BCUT2D eigenvalue weighted by molar-refractivity contribution is 5.97. The van der Waals surface area contributed by atoms with E-state index in [4.69, 9.17) is 0 Å². The molecule has 1 N–H and O–H groups in total. The van der Waals surface area contributed by atoms with Gasteiger partial charge in [0.05, 0.1) is 0 Å². The second kappa shape index (κ2) is 8.46. The fraction of sp³-hybridized carbons (Fsp3) is 0.417. The fourth-order valence-corrected chi connectivity index (χ4v) is 4.24. The maximum absolute atomic E-state index is 13.0. The van der Waals surface area contributed by atoms with E-state index < -0.39 is 0 Å². The van der Waals surface area contributed by atoms with Crippen LogP contribution in [0.3, 0.4) is 0 Å². The monoisotopic (exact) mass is 394 g/mol. The molecule has 0 radical (unpaired) electrons. The second-order valence-electron chi connectivity index (χ2n) is 8.25. The summed E-state index contributed by atoms with van der Waals surface area (Å²) in [5, 5.41) is 3.74. The van der Waals surface area contributed by atoms with Crippen LogP contribution in [0.15, 0.2) is 48.5 Å². The van der Waals surface area contributed by atoms with Crippen LogP contribution in [0.1, 0.15) is 53.6 Å². The molecule has 1 saturated carbocycles. The molecule has 2 unspecified atom stereocenters. The highest BCUT2D eigenvalue weighted by atomic mass is 19.1. The van der Waals surface area contributed by atoms with Crippen molar-refractivity contribution in [3.8, 4) is 0 Å². The lowest BCUT2D eigenvalue weighted by Gasteiger charge is -2.32. The van der Waals surface area contributed by atoms with E-state index >= 15 is 0 Å². The quantitative estimate of drug-likeness (QED) is 0.760. The predicted octanol–water partition coefficient (Wildman–Crippen LogP) is 3.71. The molecule has 1 heterocycles. The highest BCUT2D eigenvalue weighted by Crippen LogP contribution is 2.41. The summed E-state index contributed by atoms with van der Waals surface area (Å²) in [6, 6.07) is 14.9. The normalized spacial score (nSPS) is 21.8. The Labute approximate surface area is 171 Å². The Morgan fingerprint density at radius 3 is 2.52 bits per heavy atom. The zero-order chi connectivity index (χ0) is 20.4. The summed E-state index contributed by atoms with van der Waals surface area (Å²) < 4.78 is 13.0. The van der Waals surface area contributed by atoms with Gasteiger partial charge in [0.1, 0.15) is 5.82 Å². The van der Waals surface area contributed by atoms with E-state index in [1.54, 1.807) is 19.1 Å². The number of carbonyl (C=O) groups is 2. The number of benzene rings is 2. The van der Waals surface area contributed by atoms with E-state index in [0.29, 0.717) is 23.6 Å². The van der Waals surface area contributed by atoms with Crippen molar-refractivity contribution in [1.29, 1.82) is 0 Å². The molecule has 1 amide bonds. The van der Waals surface area contributed by atoms with Crippen molar-refractivity contribution >= 4 is 11.7 Å². The molecule has 4 nitrogen and oxygen atoms in total. The van der Waals surface area contributed by atoms with Crippen molar-refractivity contribution in [3.05, 3.63) is 71.0 Å². The van der Waals surface area contributed by atoms with Gasteiger partial charge in [-0.25, -0.2) is 4.39 Å². The third-order valence-electron chi connectivity index (χ3n) is 6.10. The fourth-order valence-electron chi connectivity index (χ4n) is 4.24. The average Bonchev–Trinajstić information content (AvgIpc) is 3.49. The topological polar surface area (TPSA) is 49.4 Å². The number of nitrogens with zero attached hydrogens (tertiary/aromatic N) is 1. The molecule has 2 aromatic carbocycles. The van der Waals surface area contributed by atoms with E-state index in [9.17, 15) is 14.0 Å². The molecule has 29 heavy (non-hydrogen) atoms. The van der Waals surface area contributed by atoms with Crippen LogP contribution in [0.25, 0.3) is 0 Å². The zero-order valence-corrected chi connectivity index (χ0v) is 16.7. The summed E-state index contributed by atoms with van der Waals surface area (Å²) in [7, 11) is 0. The summed E-state index contributed by atoms with van der Waals surface area (Å²) in [5.74, 6) is 0.372. The first kappa shape index (κ1) is 19.8. The third kappa shape index (κ3) is 4.91. The first-order valence-corrected chi connectivity index (χ1v) is 10.4. The lowest BCUT2D eigenvalue weighted by molar-refractivity contribution is -0.129. The van der Waals surface area contributed by atoms with Gasteiger partial charge in [-0.1, -0.05) is 30.3 Å². The van der Waals surface area contributed by atoms with E-state index in [1.807, 2.05) is 23.1 Å². The van der Waals surface area contributed by atoms with Crippen LogP contribution in [0.5, 0.6) is 0 Å². The summed E-state index contributed by atoms with van der Waals surface area (Å²) in [6.45, 7) is 3.30. The van der Waals surface area contributed by atoms with Crippen LogP contribution >= 0.6 is 0 Å². The summed E-state index contributed by atoms with van der Waals surface area (Å²) >= 11 is 0. The average molecular weight is 394 g/mol. The Morgan fingerprint density at radius 2 is 1.83 bits per heavy atom. The number of hydrogen-bond acceptors (Lipinski definition) is 3. The number of nitrogens with one attached hydrogen (secondary N) is 1. The van der Waals surface area contributed by atoms with Crippen molar-refractivity contribution in [2.45, 2.75) is 50.6 Å². The number of carbonyl (C=O) groups excluding carboxylic acids is 2. The minimum atomic E-state index is -0.289. The molecule has 1 aliphatic carbocycles. The number of halogens is 1. The van der Waals surface area contributed by atoms with Gasteiger partial charge in [-0.05, 0) is 48.6 Å². The summed E-state index contributed by atoms with van der Waals surface area (Å²) in [5.41, 5.74) is 2.74. The molecule has 5 heteroatoms. The first-order valence-electron chi connectivity index (χ1n) is 10.4. The molecule has 1 aliphatic heterocycles. The number of rotatable bonds is 6. The smallest absolute Gasteiger partial charge is 0.219 e. The molecule has 0 spiro atoms. The van der Waals surface area contributed by atoms with Gasteiger partial charge in [0.2, 0.25) is 5.91 Å². The van der Waals surface area contributed by atoms with Gasteiger partial charge < -0.3 is 10.2 Å². The van der Waals surface area contributed by atoms with Crippen LogP contribution in [0.2, 0.25) is 0 Å². The maximum atomic E-state index is 13.0. The van der Waals surface area contributed by atoms with Crippen LogP contribution in [-0.4, -0.2) is 41.8 Å². The minimum absolute atomic E-state index is 0.0558. The number of ketones is 1. The molecular formula is C24H27FN2O2. The van der Waals surface area contributed by atoms with E-state index in [2.05, 4.69) is 11.4 Å². The summed E-state index contributed by atoms with van der Waals surface area (Å²) in [6.07, 6.45) is 3.37. The van der Waals surface area contributed by atoms with E-state index in [-0.39, 0.29) is 23.9 Å². The number of likely N-dealkylation sites (tertiary alicyclic amines) is 1. The Morgan fingerprint density at radius 1 is 1.10 bits per heavy atom. The number of amides is 1. The number of Topliss-reactive ketones (excluding diaryl/α,β-unsaturated/α-hetero) is 1. The first-order chi connectivity index (χ1) is 14.0. The molecule has 2 aromatic rings. The van der Waals surface area contributed by atoms with Gasteiger partial charge in [-0.3, -0.25) is 9.59 Å². The van der Waals surface area contributed by atoms with Crippen molar-refractivity contribution in [1.82, 2.24) is 10.2 Å². The maximum Gasteiger partial charge on any atom is 0.219 e. The highest BCUT2D eigenvalue weighted by Gasteiger charge is 2.40.